The molecule has 0 unspecified atom stereocenters. The predicted octanol–water partition coefficient (Wildman–Crippen LogP) is 1.84. The molecule has 2 rings (SSSR count). The second-order valence-electron chi connectivity index (χ2n) is 4.94. The number of nitrogens with two attached hydrogens (primary N) is 1. The number of carbonyl (C=O) groups is 2. The molecular formula is C14H18N2O3. The van der Waals surface area contributed by atoms with Gasteiger partial charge in [-0.25, -0.2) is 0 Å². The lowest BCUT2D eigenvalue weighted by atomic mass is 9.86. The summed E-state index contributed by atoms with van der Waals surface area (Å²) in [4.78, 5) is 22.2. The van der Waals surface area contributed by atoms with E-state index in [0.717, 1.165) is 18.5 Å². The number of aliphatic carboxylic acids is 1. The highest BCUT2D eigenvalue weighted by molar-refractivity contribution is 5.98. The number of carbonyl (C=O) groups excluding carboxylic acids is 1. The summed E-state index contributed by atoms with van der Waals surface area (Å²) in [6.07, 6.45) is 2.94. The van der Waals surface area contributed by atoms with Crippen LogP contribution in [0.5, 0.6) is 0 Å². The topological polar surface area (TPSA) is 92.4 Å². The minimum atomic E-state index is -0.712. The number of carboxylic acid groups (broad SMARTS) is 1. The van der Waals surface area contributed by atoms with Crippen LogP contribution in [0.4, 0.5) is 5.69 Å². The Morgan fingerprint density at radius 3 is 2.37 bits per heavy atom. The molecule has 1 aliphatic carbocycles. The molecule has 1 aromatic carbocycles. The fraction of sp³-hybridized carbons (Fsp3) is 0.429. The van der Waals surface area contributed by atoms with Crippen molar-refractivity contribution in [1.29, 1.82) is 0 Å². The number of anilines is 1. The molecule has 5 heteroatoms. The van der Waals surface area contributed by atoms with Crippen LogP contribution in [-0.4, -0.2) is 23.0 Å². The lowest BCUT2D eigenvalue weighted by Crippen LogP contribution is -2.30. The number of nitrogens with one attached hydrogen (secondary N) is 1. The second kappa shape index (κ2) is 5.73. The molecule has 0 aromatic heterocycles. The Labute approximate surface area is 111 Å². The van der Waals surface area contributed by atoms with Crippen LogP contribution in [0.2, 0.25) is 0 Å². The fourth-order valence-electron chi connectivity index (χ4n) is 2.53. The van der Waals surface area contributed by atoms with Crippen molar-refractivity contribution in [2.75, 3.05) is 5.32 Å². The lowest BCUT2D eigenvalue weighted by molar-refractivity contribution is -0.142. The highest BCUT2D eigenvalue weighted by Crippen LogP contribution is 2.27. The minimum absolute atomic E-state index is 0.205. The van der Waals surface area contributed by atoms with Crippen LogP contribution < -0.4 is 11.1 Å². The van der Waals surface area contributed by atoms with Gasteiger partial charge in [0.15, 0.2) is 0 Å². The summed E-state index contributed by atoms with van der Waals surface area (Å²) in [5, 5.41) is 12.2. The number of carboxylic acids is 1. The number of benzene rings is 1. The predicted molar refractivity (Wildman–Crippen MR) is 72.0 cm³/mol. The molecule has 19 heavy (non-hydrogen) atoms. The normalized spacial score (nSPS) is 22.7. The summed E-state index contributed by atoms with van der Waals surface area (Å²) >= 11 is 0. The van der Waals surface area contributed by atoms with Gasteiger partial charge in [0.05, 0.1) is 11.5 Å². The molecule has 1 fully saturated rings. The number of hydrogen-bond donors (Lipinski definition) is 3. The SMILES string of the molecule is NC(=O)c1ccccc1NC1CCC(C(=O)O)CC1. The Balaban J connectivity index is 2.00. The van der Waals surface area contributed by atoms with Gasteiger partial charge in [0.25, 0.3) is 5.91 Å². The largest absolute Gasteiger partial charge is 0.481 e. The van der Waals surface area contributed by atoms with E-state index in [9.17, 15) is 9.59 Å². The average molecular weight is 262 g/mol. The van der Waals surface area contributed by atoms with E-state index in [2.05, 4.69) is 5.32 Å². The van der Waals surface area contributed by atoms with Gasteiger partial charge in [-0.3, -0.25) is 9.59 Å². The molecule has 0 atom stereocenters. The fourth-order valence-corrected chi connectivity index (χ4v) is 2.53. The van der Waals surface area contributed by atoms with Crippen LogP contribution in [0.3, 0.4) is 0 Å². The van der Waals surface area contributed by atoms with Crippen molar-refractivity contribution in [3.63, 3.8) is 0 Å². The molecule has 0 saturated heterocycles. The molecule has 0 spiro atoms. The van der Waals surface area contributed by atoms with E-state index in [4.69, 9.17) is 10.8 Å². The van der Waals surface area contributed by atoms with E-state index in [1.54, 1.807) is 12.1 Å². The quantitative estimate of drug-likeness (QED) is 0.772. The number of amides is 1. The first-order valence-electron chi connectivity index (χ1n) is 6.46. The second-order valence-corrected chi connectivity index (χ2v) is 4.94. The molecular weight excluding hydrogens is 244 g/mol. The van der Waals surface area contributed by atoms with Crippen molar-refractivity contribution < 1.29 is 14.7 Å². The van der Waals surface area contributed by atoms with Crippen molar-refractivity contribution >= 4 is 17.6 Å². The first-order chi connectivity index (χ1) is 9.08. The van der Waals surface area contributed by atoms with Gasteiger partial charge in [-0.2, -0.15) is 0 Å². The summed E-state index contributed by atoms with van der Waals surface area (Å²) in [5.41, 5.74) is 6.53. The molecule has 102 valence electrons. The highest BCUT2D eigenvalue weighted by atomic mass is 16.4. The van der Waals surface area contributed by atoms with E-state index >= 15 is 0 Å². The van der Waals surface area contributed by atoms with Gasteiger partial charge in [-0.1, -0.05) is 12.1 Å². The molecule has 5 nitrogen and oxygen atoms in total. The Morgan fingerprint density at radius 2 is 1.79 bits per heavy atom. The molecule has 1 amide bonds. The maximum absolute atomic E-state index is 11.3. The Morgan fingerprint density at radius 1 is 1.16 bits per heavy atom. The lowest BCUT2D eigenvalue weighted by Gasteiger charge is -2.28. The smallest absolute Gasteiger partial charge is 0.306 e. The maximum Gasteiger partial charge on any atom is 0.306 e. The average Bonchev–Trinajstić information content (AvgIpc) is 2.39. The molecule has 0 bridgehead atoms. The summed E-state index contributed by atoms with van der Waals surface area (Å²) < 4.78 is 0. The number of hydrogen-bond acceptors (Lipinski definition) is 3. The van der Waals surface area contributed by atoms with Crippen LogP contribution in [0.25, 0.3) is 0 Å². The van der Waals surface area contributed by atoms with Gasteiger partial charge in [0.1, 0.15) is 0 Å². The number of rotatable bonds is 4. The van der Waals surface area contributed by atoms with Crippen molar-refractivity contribution in [2.45, 2.75) is 31.7 Å². The maximum atomic E-state index is 11.3. The van der Waals surface area contributed by atoms with E-state index in [0.29, 0.717) is 18.4 Å². The molecule has 1 saturated carbocycles. The van der Waals surface area contributed by atoms with Crippen molar-refractivity contribution in [3.8, 4) is 0 Å². The van der Waals surface area contributed by atoms with Gasteiger partial charge >= 0.3 is 5.97 Å². The van der Waals surface area contributed by atoms with E-state index in [1.165, 1.54) is 0 Å². The highest BCUT2D eigenvalue weighted by Gasteiger charge is 2.26. The summed E-state index contributed by atoms with van der Waals surface area (Å²) in [6, 6.07) is 7.33. The van der Waals surface area contributed by atoms with Crippen molar-refractivity contribution in [2.24, 2.45) is 11.7 Å². The zero-order chi connectivity index (χ0) is 13.8. The van der Waals surface area contributed by atoms with Gasteiger partial charge in [0, 0.05) is 11.7 Å². The molecule has 0 heterocycles. The third-order valence-corrected chi connectivity index (χ3v) is 3.63. The molecule has 1 aliphatic rings. The van der Waals surface area contributed by atoms with Crippen LogP contribution >= 0.6 is 0 Å². The molecule has 4 N–H and O–H groups in total. The standard InChI is InChI=1S/C14H18N2O3/c15-13(17)11-3-1-2-4-12(11)16-10-7-5-9(6-8-10)14(18)19/h1-4,9-10,16H,5-8H2,(H2,15,17)(H,18,19). The number of primary amides is 1. The summed E-state index contributed by atoms with van der Waals surface area (Å²) in [6.45, 7) is 0. The van der Waals surface area contributed by atoms with Crippen LogP contribution in [0.1, 0.15) is 36.0 Å². The van der Waals surface area contributed by atoms with Crippen LogP contribution in [-0.2, 0) is 4.79 Å². The van der Waals surface area contributed by atoms with E-state index in [-0.39, 0.29) is 12.0 Å². The van der Waals surface area contributed by atoms with Crippen LogP contribution in [0, 0.1) is 5.92 Å². The first-order valence-corrected chi connectivity index (χ1v) is 6.46. The third kappa shape index (κ3) is 3.24. The molecule has 1 aromatic rings. The van der Waals surface area contributed by atoms with Gasteiger partial charge < -0.3 is 16.2 Å². The first kappa shape index (κ1) is 13.4. The Hall–Kier alpha value is -2.04. The summed E-state index contributed by atoms with van der Waals surface area (Å²) in [5.74, 6) is -1.40. The van der Waals surface area contributed by atoms with E-state index < -0.39 is 11.9 Å². The van der Waals surface area contributed by atoms with Gasteiger partial charge in [0.2, 0.25) is 0 Å². The van der Waals surface area contributed by atoms with E-state index in [1.807, 2.05) is 12.1 Å². The van der Waals surface area contributed by atoms with Crippen molar-refractivity contribution in [3.05, 3.63) is 29.8 Å². The zero-order valence-electron chi connectivity index (χ0n) is 10.6. The number of para-hydroxylation sites is 1. The molecule has 0 aliphatic heterocycles. The zero-order valence-corrected chi connectivity index (χ0v) is 10.6. The Bertz CT molecular complexity index is 479. The van der Waals surface area contributed by atoms with Gasteiger partial charge in [-0.05, 0) is 37.8 Å². The van der Waals surface area contributed by atoms with Crippen LogP contribution in [0.15, 0.2) is 24.3 Å². The molecule has 0 radical (unpaired) electrons. The Kier molecular flexibility index (Phi) is 4.04. The van der Waals surface area contributed by atoms with Gasteiger partial charge in [-0.15, -0.1) is 0 Å². The third-order valence-electron chi connectivity index (χ3n) is 3.63. The monoisotopic (exact) mass is 262 g/mol. The van der Waals surface area contributed by atoms with Crippen molar-refractivity contribution in [1.82, 2.24) is 0 Å². The summed E-state index contributed by atoms with van der Waals surface area (Å²) in [7, 11) is 0. The minimum Gasteiger partial charge on any atom is -0.481 e.